The molecule has 0 aliphatic rings. The van der Waals surface area contributed by atoms with Crippen molar-refractivity contribution in [2.75, 3.05) is 7.05 Å². The van der Waals surface area contributed by atoms with E-state index in [4.69, 9.17) is 0 Å². The second-order valence-electron chi connectivity index (χ2n) is 4.48. The average molecular weight is 251 g/mol. The van der Waals surface area contributed by atoms with Crippen LogP contribution in [0.1, 0.15) is 19.4 Å². The van der Waals surface area contributed by atoms with E-state index in [1.165, 1.54) is 12.1 Å². The molecule has 0 aromatic heterocycles. The molecule has 6 nitrogen and oxygen atoms in total. The zero-order chi connectivity index (χ0) is 13.8. The minimum atomic E-state index is -0.638. The first-order valence-corrected chi connectivity index (χ1v) is 5.57. The number of non-ortho nitro benzene ring substituents is 1. The molecule has 1 aromatic carbocycles. The summed E-state index contributed by atoms with van der Waals surface area (Å²) >= 11 is 0. The normalized spacial score (nSPS) is 11.1. The summed E-state index contributed by atoms with van der Waals surface area (Å²) in [7, 11) is 1.71. The first-order chi connectivity index (χ1) is 8.36. The van der Waals surface area contributed by atoms with Crippen molar-refractivity contribution in [3.8, 4) is 0 Å². The Bertz CT molecular complexity index is 440. The highest BCUT2D eigenvalue weighted by molar-refractivity contribution is 5.85. The number of hydrogen-bond acceptors (Lipinski definition) is 4. The average Bonchev–Trinajstić information content (AvgIpc) is 2.36. The van der Waals surface area contributed by atoms with Gasteiger partial charge in [-0.3, -0.25) is 14.9 Å². The summed E-state index contributed by atoms with van der Waals surface area (Å²) in [4.78, 5) is 21.8. The van der Waals surface area contributed by atoms with Crippen LogP contribution in [0.5, 0.6) is 0 Å². The Morgan fingerprint density at radius 3 is 2.33 bits per heavy atom. The molecule has 0 saturated carbocycles. The lowest BCUT2D eigenvalue weighted by molar-refractivity contribution is -0.384. The van der Waals surface area contributed by atoms with E-state index in [1.807, 2.05) is 0 Å². The number of benzene rings is 1. The van der Waals surface area contributed by atoms with Crippen LogP contribution in [0, 0.1) is 10.1 Å². The lowest BCUT2D eigenvalue weighted by Crippen LogP contribution is -2.50. The Kier molecular flexibility index (Phi) is 4.38. The molecule has 1 amide bonds. The molecule has 0 radical (unpaired) electrons. The Labute approximate surface area is 106 Å². The number of nitro groups is 1. The highest BCUT2D eigenvalue weighted by atomic mass is 16.6. The minimum absolute atomic E-state index is 0.0423. The molecular formula is C12H17N3O3. The molecule has 0 aliphatic heterocycles. The van der Waals surface area contributed by atoms with Gasteiger partial charge >= 0.3 is 0 Å². The molecule has 0 bridgehead atoms. The fourth-order valence-corrected chi connectivity index (χ4v) is 1.25. The van der Waals surface area contributed by atoms with E-state index in [-0.39, 0.29) is 11.6 Å². The van der Waals surface area contributed by atoms with Crippen LogP contribution in [0.4, 0.5) is 5.69 Å². The fourth-order valence-electron chi connectivity index (χ4n) is 1.25. The zero-order valence-electron chi connectivity index (χ0n) is 10.7. The molecule has 0 saturated heterocycles. The van der Waals surface area contributed by atoms with Crippen LogP contribution < -0.4 is 10.6 Å². The molecule has 0 unspecified atom stereocenters. The Morgan fingerprint density at radius 1 is 1.33 bits per heavy atom. The molecule has 6 heteroatoms. The van der Waals surface area contributed by atoms with Crippen molar-refractivity contribution in [1.82, 2.24) is 10.6 Å². The number of likely N-dealkylation sites (N-methyl/N-ethyl adjacent to an activating group) is 1. The molecule has 0 atom stereocenters. The van der Waals surface area contributed by atoms with Gasteiger partial charge in [-0.15, -0.1) is 0 Å². The largest absolute Gasteiger partial charge is 0.350 e. The quantitative estimate of drug-likeness (QED) is 0.608. The van der Waals surface area contributed by atoms with Gasteiger partial charge in [-0.25, -0.2) is 0 Å². The smallest absolute Gasteiger partial charge is 0.269 e. The van der Waals surface area contributed by atoms with Gasteiger partial charge in [0.15, 0.2) is 0 Å². The summed E-state index contributed by atoms with van der Waals surface area (Å²) in [5.74, 6) is -0.122. The molecule has 98 valence electrons. The highest BCUT2D eigenvalue weighted by Gasteiger charge is 2.24. The van der Waals surface area contributed by atoms with Crippen molar-refractivity contribution in [3.05, 3.63) is 39.9 Å². The molecule has 1 rings (SSSR count). The van der Waals surface area contributed by atoms with Crippen LogP contribution in [0.25, 0.3) is 0 Å². The predicted octanol–water partition coefficient (Wildman–Crippen LogP) is 1.21. The van der Waals surface area contributed by atoms with Crippen molar-refractivity contribution >= 4 is 11.6 Å². The molecule has 2 N–H and O–H groups in total. The van der Waals surface area contributed by atoms with E-state index >= 15 is 0 Å². The van der Waals surface area contributed by atoms with E-state index in [9.17, 15) is 14.9 Å². The molecular weight excluding hydrogens is 234 g/mol. The maximum Gasteiger partial charge on any atom is 0.269 e. The third kappa shape index (κ3) is 3.53. The van der Waals surface area contributed by atoms with Gasteiger partial charge in [-0.1, -0.05) is 12.1 Å². The Morgan fingerprint density at radius 2 is 1.89 bits per heavy atom. The monoisotopic (exact) mass is 251 g/mol. The maximum absolute atomic E-state index is 11.8. The molecule has 18 heavy (non-hydrogen) atoms. The third-order valence-electron chi connectivity index (χ3n) is 2.79. The van der Waals surface area contributed by atoms with Crippen LogP contribution in [-0.4, -0.2) is 23.4 Å². The number of carbonyl (C=O) groups excluding carboxylic acids is 1. The Hall–Kier alpha value is -1.95. The minimum Gasteiger partial charge on any atom is -0.350 e. The van der Waals surface area contributed by atoms with Gasteiger partial charge < -0.3 is 10.6 Å². The zero-order valence-corrected chi connectivity index (χ0v) is 10.7. The van der Waals surface area contributed by atoms with Gasteiger partial charge in [0.1, 0.15) is 0 Å². The SMILES string of the molecule is CNC(C)(C)C(=O)NCc1ccc([N+](=O)[O-])cc1. The van der Waals surface area contributed by atoms with Crippen molar-refractivity contribution in [2.24, 2.45) is 0 Å². The second kappa shape index (κ2) is 5.59. The first kappa shape index (κ1) is 14.1. The maximum atomic E-state index is 11.8. The number of carbonyl (C=O) groups is 1. The first-order valence-electron chi connectivity index (χ1n) is 5.57. The van der Waals surface area contributed by atoms with Gasteiger partial charge in [0.2, 0.25) is 5.91 Å². The van der Waals surface area contributed by atoms with Crippen LogP contribution in [0.3, 0.4) is 0 Å². The van der Waals surface area contributed by atoms with E-state index in [1.54, 1.807) is 33.0 Å². The highest BCUT2D eigenvalue weighted by Crippen LogP contribution is 2.12. The van der Waals surface area contributed by atoms with E-state index in [0.29, 0.717) is 6.54 Å². The van der Waals surface area contributed by atoms with Crippen LogP contribution in [-0.2, 0) is 11.3 Å². The van der Waals surface area contributed by atoms with E-state index in [2.05, 4.69) is 10.6 Å². The van der Waals surface area contributed by atoms with Crippen molar-refractivity contribution in [3.63, 3.8) is 0 Å². The van der Waals surface area contributed by atoms with E-state index < -0.39 is 10.5 Å². The van der Waals surface area contributed by atoms with Gasteiger partial charge in [0.05, 0.1) is 10.5 Å². The molecule has 0 fully saturated rings. The molecule has 0 aliphatic carbocycles. The number of hydrogen-bond donors (Lipinski definition) is 2. The van der Waals surface area contributed by atoms with Gasteiger partial charge in [0, 0.05) is 18.7 Å². The summed E-state index contributed by atoms with van der Waals surface area (Å²) in [6.07, 6.45) is 0. The standard InChI is InChI=1S/C12H17N3O3/c1-12(2,13-3)11(16)14-8-9-4-6-10(7-5-9)15(17)18/h4-7,13H,8H2,1-3H3,(H,14,16). The molecule has 0 heterocycles. The fraction of sp³-hybridized carbons (Fsp3) is 0.417. The second-order valence-corrected chi connectivity index (χ2v) is 4.48. The summed E-state index contributed by atoms with van der Waals surface area (Å²) in [6, 6.07) is 6.10. The van der Waals surface area contributed by atoms with Crippen LogP contribution in [0.15, 0.2) is 24.3 Å². The van der Waals surface area contributed by atoms with E-state index in [0.717, 1.165) is 5.56 Å². The number of amides is 1. The summed E-state index contributed by atoms with van der Waals surface area (Å²) < 4.78 is 0. The van der Waals surface area contributed by atoms with Crippen molar-refractivity contribution in [2.45, 2.75) is 25.9 Å². The van der Waals surface area contributed by atoms with Crippen molar-refractivity contribution in [1.29, 1.82) is 0 Å². The van der Waals surface area contributed by atoms with Crippen molar-refractivity contribution < 1.29 is 9.72 Å². The number of nitrogens with zero attached hydrogens (tertiary/aromatic N) is 1. The van der Waals surface area contributed by atoms with Gasteiger partial charge in [-0.05, 0) is 26.5 Å². The lowest BCUT2D eigenvalue weighted by Gasteiger charge is -2.22. The number of nitro benzene ring substituents is 1. The topological polar surface area (TPSA) is 84.3 Å². The predicted molar refractivity (Wildman–Crippen MR) is 68.1 cm³/mol. The van der Waals surface area contributed by atoms with Gasteiger partial charge in [-0.2, -0.15) is 0 Å². The Balaban J connectivity index is 2.59. The molecule has 1 aromatic rings. The summed E-state index contributed by atoms with van der Waals surface area (Å²) in [5, 5.41) is 16.1. The lowest BCUT2D eigenvalue weighted by atomic mass is 10.1. The van der Waals surface area contributed by atoms with Crippen LogP contribution in [0.2, 0.25) is 0 Å². The van der Waals surface area contributed by atoms with Gasteiger partial charge in [0.25, 0.3) is 5.69 Å². The summed E-state index contributed by atoms with van der Waals surface area (Å²) in [6.45, 7) is 3.90. The summed E-state index contributed by atoms with van der Waals surface area (Å²) in [5.41, 5.74) is 0.224. The number of rotatable bonds is 5. The van der Waals surface area contributed by atoms with Crippen LogP contribution >= 0.6 is 0 Å². The molecule has 0 spiro atoms. The third-order valence-corrected chi connectivity index (χ3v) is 2.79. The number of nitrogens with one attached hydrogen (secondary N) is 2.